The number of aromatic nitrogens is 1. The summed E-state index contributed by atoms with van der Waals surface area (Å²) in [5.41, 5.74) is -0.412. The Morgan fingerprint density at radius 1 is 1.50 bits per heavy atom. The molecule has 0 aliphatic heterocycles. The Kier molecular flexibility index (Phi) is 5.70. The van der Waals surface area contributed by atoms with Gasteiger partial charge < -0.3 is 14.2 Å². The lowest BCUT2D eigenvalue weighted by molar-refractivity contribution is -0.387. The van der Waals surface area contributed by atoms with E-state index in [1.807, 2.05) is 0 Å². The quantitative estimate of drug-likeness (QED) is 0.427. The monoisotopic (exact) mass is 284 g/mol. The second-order valence-corrected chi connectivity index (χ2v) is 3.98. The van der Waals surface area contributed by atoms with E-state index in [1.54, 1.807) is 20.8 Å². The molecule has 0 N–H and O–H groups in total. The van der Waals surface area contributed by atoms with Crippen molar-refractivity contribution in [2.24, 2.45) is 0 Å². The standard InChI is InChI=1S/C12H16N2O6/c1-4-18-10(15)7-19-12-11(14(16)17)9(5-6-13-12)20-8(2)3/h5-6,8H,4,7H2,1-3H3. The lowest BCUT2D eigenvalue weighted by Gasteiger charge is -2.11. The van der Waals surface area contributed by atoms with Gasteiger partial charge in [0.1, 0.15) is 0 Å². The molecule has 0 bridgehead atoms. The molecule has 0 aromatic carbocycles. The third kappa shape index (κ3) is 4.38. The zero-order valence-electron chi connectivity index (χ0n) is 11.5. The summed E-state index contributed by atoms with van der Waals surface area (Å²) in [4.78, 5) is 25.4. The van der Waals surface area contributed by atoms with Crippen LogP contribution in [0.3, 0.4) is 0 Å². The molecule has 0 radical (unpaired) electrons. The first-order valence-electron chi connectivity index (χ1n) is 6.04. The summed E-state index contributed by atoms with van der Waals surface area (Å²) >= 11 is 0. The Morgan fingerprint density at radius 2 is 2.20 bits per heavy atom. The van der Waals surface area contributed by atoms with Gasteiger partial charge in [-0.05, 0) is 20.8 Å². The molecule has 0 aliphatic carbocycles. The zero-order valence-corrected chi connectivity index (χ0v) is 11.5. The highest BCUT2D eigenvalue weighted by Crippen LogP contribution is 2.35. The van der Waals surface area contributed by atoms with Crippen molar-refractivity contribution in [1.29, 1.82) is 0 Å². The smallest absolute Gasteiger partial charge is 0.372 e. The van der Waals surface area contributed by atoms with E-state index >= 15 is 0 Å². The SMILES string of the molecule is CCOC(=O)COc1nccc(OC(C)C)c1[N+](=O)[O-]. The van der Waals surface area contributed by atoms with E-state index in [-0.39, 0.29) is 24.3 Å². The molecular weight excluding hydrogens is 268 g/mol. The summed E-state index contributed by atoms with van der Waals surface area (Å²) in [6.07, 6.45) is 1.07. The molecule has 0 fully saturated rings. The molecule has 0 spiro atoms. The van der Waals surface area contributed by atoms with Crippen LogP contribution in [0.15, 0.2) is 12.3 Å². The third-order valence-corrected chi connectivity index (χ3v) is 2.03. The van der Waals surface area contributed by atoms with Gasteiger partial charge in [-0.15, -0.1) is 0 Å². The van der Waals surface area contributed by atoms with Crippen molar-refractivity contribution in [3.8, 4) is 11.6 Å². The molecule has 1 aromatic rings. The second-order valence-electron chi connectivity index (χ2n) is 3.98. The van der Waals surface area contributed by atoms with E-state index in [0.29, 0.717) is 0 Å². The number of nitro groups is 1. The normalized spacial score (nSPS) is 10.2. The minimum absolute atomic E-state index is 0.0406. The minimum atomic E-state index is -0.662. The Hall–Kier alpha value is -2.38. The number of ether oxygens (including phenoxy) is 3. The molecule has 1 heterocycles. The number of hydrogen-bond donors (Lipinski definition) is 0. The molecule has 0 atom stereocenters. The van der Waals surface area contributed by atoms with Crippen LogP contribution in [-0.2, 0) is 9.53 Å². The Balaban J connectivity index is 2.94. The Morgan fingerprint density at radius 3 is 2.75 bits per heavy atom. The second kappa shape index (κ2) is 7.27. The molecule has 8 heteroatoms. The highest BCUT2D eigenvalue weighted by atomic mass is 16.6. The van der Waals surface area contributed by atoms with E-state index < -0.39 is 23.2 Å². The first-order chi connectivity index (χ1) is 9.45. The summed E-state index contributed by atoms with van der Waals surface area (Å²) in [5, 5.41) is 11.1. The maximum Gasteiger partial charge on any atom is 0.372 e. The van der Waals surface area contributed by atoms with Crippen LogP contribution in [0, 0.1) is 10.1 Å². The van der Waals surface area contributed by atoms with Crippen LogP contribution in [0.5, 0.6) is 11.6 Å². The topological polar surface area (TPSA) is 101 Å². The van der Waals surface area contributed by atoms with E-state index in [9.17, 15) is 14.9 Å². The minimum Gasteiger partial charge on any atom is -0.484 e. The number of carbonyl (C=O) groups is 1. The van der Waals surface area contributed by atoms with E-state index in [4.69, 9.17) is 9.47 Å². The van der Waals surface area contributed by atoms with Crippen molar-refractivity contribution in [3.05, 3.63) is 22.4 Å². The number of pyridine rings is 1. The largest absolute Gasteiger partial charge is 0.484 e. The van der Waals surface area contributed by atoms with Gasteiger partial charge in [0, 0.05) is 12.3 Å². The lowest BCUT2D eigenvalue weighted by atomic mass is 10.3. The van der Waals surface area contributed by atoms with Gasteiger partial charge >= 0.3 is 11.7 Å². The van der Waals surface area contributed by atoms with Gasteiger partial charge in [-0.2, -0.15) is 0 Å². The predicted molar refractivity (Wildman–Crippen MR) is 68.8 cm³/mol. The fourth-order valence-electron chi connectivity index (χ4n) is 1.37. The molecule has 1 aromatic heterocycles. The van der Waals surface area contributed by atoms with Crippen LogP contribution in [0.1, 0.15) is 20.8 Å². The van der Waals surface area contributed by atoms with Crippen LogP contribution in [0.25, 0.3) is 0 Å². The highest BCUT2D eigenvalue weighted by molar-refractivity contribution is 5.71. The van der Waals surface area contributed by atoms with Crippen molar-refractivity contribution in [2.45, 2.75) is 26.9 Å². The van der Waals surface area contributed by atoms with Gasteiger partial charge in [0.15, 0.2) is 6.61 Å². The molecule has 1 rings (SSSR count). The molecule has 20 heavy (non-hydrogen) atoms. The van der Waals surface area contributed by atoms with Gasteiger partial charge in [0.2, 0.25) is 5.75 Å². The first kappa shape index (κ1) is 15.7. The number of nitrogens with zero attached hydrogens (tertiary/aromatic N) is 2. The molecule has 0 unspecified atom stereocenters. The molecule has 0 saturated heterocycles. The van der Waals surface area contributed by atoms with Gasteiger partial charge in [0.25, 0.3) is 5.88 Å². The fraction of sp³-hybridized carbons (Fsp3) is 0.500. The van der Waals surface area contributed by atoms with Crippen LogP contribution >= 0.6 is 0 Å². The van der Waals surface area contributed by atoms with Crippen LogP contribution in [0.4, 0.5) is 5.69 Å². The Labute approximate surface area is 115 Å². The fourth-order valence-corrected chi connectivity index (χ4v) is 1.37. The molecular formula is C12H16N2O6. The molecule has 110 valence electrons. The summed E-state index contributed by atoms with van der Waals surface area (Å²) in [7, 11) is 0. The lowest BCUT2D eigenvalue weighted by Crippen LogP contribution is -2.16. The molecule has 0 saturated carbocycles. The zero-order chi connectivity index (χ0) is 15.1. The molecule has 8 nitrogen and oxygen atoms in total. The van der Waals surface area contributed by atoms with E-state index in [1.165, 1.54) is 12.3 Å². The average molecular weight is 284 g/mol. The predicted octanol–water partition coefficient (Wildman–Crippen LogP) is 1.72. The number of hydrogen-bond acceptors (Lipinski definition) is 7. The van der Waals surface area contributed by atoms with E-state index in [0.717, 1.165) is 0 Å². The molecule has 0 aliphatic rings. The summed E-state index contributed by atoms with van der Waals surface area (Å²) < 4.78 is 15.0. The first-order valence-corrected chi connectivity index (χ1v) is 6.04. The van der Waals surface area contributed by atoms with Gasteiger partial charge in [-0.1, -0.05) is 0 Å². The van der Waals surface area contributed by atoms with Gasteiger partial charge in [-0.25, -0.2) is 9.78 Å². The van der Waals surface area contributed by atoms with Crippen molar-refractivity contribution in [1.82, 2.24) is 4.98 Å². The average Bonchev–Trinajstić information content (AvgIpc) is 2.35. The van der Waals surface area contributed by atoms with Crippen LogP contribution in [-0.4, -0.2) is 35.2 Å². The molecule has 0 amide bonds. The van der Waals surface area contributed by atoms with Gasteiger partial charge in [-0.3, -0.25) is 10.1 Å². The highest BCUT2D eigenvalue weighted by Gasteiger charge is 2.25. The van der Waals surface area contributed by atoms with E-state index in [2.05, 4.69) is 9.72 Å². The summed E-state index contributed by atoms with van der Waals surface area (Å²) in [6, 6.07) is 1.37. The number of esters is 1. The third-order valence-electron chi connectivity index (χ3n) is 2.03. The van der Waals surface area contributed by atoms with Crippen LogP contribution < -0.4 is 9.47 Å². The summed E-state index contributed by atoms with van der Waals surface area (Å²) in [5.74, 6) is -0.862. The maximum absolute atomic E-state index is 11.2. The van der Waals surface area contributed by atoms with Crippen molar-refractivity contribution in [2.75, 3.05) is 13.2 Å². The number of carbonyl (C=O) groups excluding carboxylic acids is 1. The van der Waals surface area contributed by atoms with Gasteiger partial charge in [0.05, 0.1) is 17.6 Å². The maximum atomic E-state index is 11.2. The van der Waals surface area contributed by atoms with Crippen molar-refractivity contribution in [3.63, 3.8) is 0 Å². The van der Waals surface area contributed by atoms with Crippen molar-refractivity contribution < 1.29 is 23.9 Å². The van der Waals surface area contributed by atoms with Crippen molar-refractivity contribution >= 4 is 11.7 Å². The Bertz CT molecular complexity index is 489. The summed E-state index contributed by atoms with van der Waals surface area (Å²) in [6.45, 7) is 4.88. The number of rotatable bonds is 7. The van der Waals surface area contributed by atoms with Crippen LogP contribution in [0.2, 0.25) is 0 Å².